The normalized spacial score (nSPS) is 23.2. The number of likely N-dealkylation sites (tertiary alicyclic amines) is 1. The predicted molar refractivity (Wildman–Crippen MR) is 78.7 cm³/mol. The van der Waals surface area contributed by atoms with Crippen molar-refractivity contribution >= 4 is 11.9 Å². The highest BCUT2D eigenvalue weighted by Crippen LogP contribution is 2.41. The summed E-state index contributed by atoms with van der Waals surface area (Å²) in [7, 11) is 0. The molecule has 1 amide bonds. The smallest absolute Gasteiger partial charge is 0.308 e. The molecule has 1 aromatic rings. The van der Waals surface area contributed by atoms with Crippen LogP contribution in [0.25, 0.3) is 0 Å². The van der Waals surface area contributed by atoms with Crippen LogP contribution >= 0.6 is 0 Å². The van der Waals surface area contributed by atoms with Crippen molar-refractivity contribution in [3.8, 4) is 0 Å². The molecule has 0 saturated carbocycles. The number of aliphatic carboxylic acids is 1. The van der Waals surface area contributed by atoms with Crippen molar-refractivity contribution in [1.29, 1.82) is 0 Å². The number of carbonyl (C=O) groups excluding carboxylic acids is 1. The van der Waals surface area contributed by atoms with Gasteiger partial charge >= 0.3 is 5.97 Å². The molecule has 0 spiro atoms. The molecule has 21 heavy (non-hydrogen) atoms. The van der Waals surface area contributed by atoms with Crippen LogP contribution in [0, 0.1) is 12.8 Å². The van der Waals surface area contributed by atoms with Gasteiger partial charge in [0.2, 0.25) is 5.91 Å². The molecule has 1 aliphatic rings. The average molecular weight is 290 g/mol. The van der Waals surface area contributed by atoms with E-state index in [1.165, 1.54) is 0 Å². The molecule has 114 valence electrons. The number of carbonyl (C=O) groups is 2. The van der Waals surface area contributed by atoms with E-state index in [1.54, 1.807) is 17.3 Å². The third kappa shape index (κ3) is 2.91. The maximum absolute atomic E-state index is 12.4. The van der Waals surface area contributed by atoms with Gasteiger partial charge in [-0.05, 0) is 51.3 Å². The Kier molecular flexibility index (Phi) is 4.03. The highest BCUT2D eigenvalue weighted by molar-refractivity contribution is 5.82. The Balaban J connectivity index is 2.58. The van der Waals surface area contributed by atoms with E-state index in [1.807, 2.05) is 33.8 Å². The molecule has 0 bridgehead atoms. The van der Waals surface area contributed by atoms with Gasteiger partial charge in [-0.25, -0.2) is 0 Å². The van der Waals surface area contributed by atoms with Gasteiger partial charge in [-0.1, -0.05) is 0 Å². The molecular weight excluding hydrogens is 268 g/mol. The van der Waals surface area contributed by atoms with Crippen molar-refractivity contribution in [2.75, 3.05) is 0 Å². The summed E-state index contributed by atoms with van der Waals surface area (Å²) in [6.07, 6.45) is 4.03. The summed E-state index contributed by atoms with van der Waals surface area (Å²) >= 11 is 0. The standard InChI is InChI=1S/C16H22N2O3/c1-10-7-8-17-9-12(10)14-11(15(20)21)5-6-13(19)18(14)16(2,3)4/h7-9,11,14H,5-6H2,1-4H3,(H,20,21). The first-order chi connectivity index (χ1) is 9.73. The van der Waals surface area contributed by atoms with Crippen molar-refractivity contribution in [3.63, 3.8) is 0 Å². The highest BCUT2D eigenvalue weighted by Gasteiger charge is 2.45. The molecule has 0 aliphatic carbocycles. The second-order valence-electron chi connectivity index (χ2n) is 6.60. The van der Waals surface area contributed by atoms with E-state index < -0.39 is 23.5 Å². The van der Waals surface area contributed by atoms with Crippen LogP contribution in [0.4, 0.5) is 0 Å². The lowest BCUT2D eigenvalue weighted by Gasteiger charge is -2.47. The molecule has 5 heteroatoms. The summed E-state index contributed by atoms with van der Waals surface area (Å²) in [6, 6.07) is 1.39. The minimum atomic E-state index is -0.856. The second-order valence-corrected chi connectivity index (χ2v) is 6.60. The molecule has 1 aromatic heterocycles. The topological polar surface area (TPSA) is 70.5 Å². The number of aryl methyl sites for hydroxylation is 1. The Morgan fingerprint density at radius 2 is 2.10 bits per heavy atom. The maximum Gasteiger partial charge on any atom is 0.308 e. The van der Waals surface area contributed by atoms with Crippen molar-refractivity contribution < 1.29 is 14.7 Å². The lowest BCUT2D eigenvalue weighted by Crippen LogP contribution is -2.54. The average Bonchev–Trinajstić information content (AvgIpc) is 2.37. The molecule has 2 atom stereocenters. The van der Waals surface area contributed by atoms with Crippen molar-refractivity contribution in [1.82, 2.24) is 9.88 Å². The zero-order valence-corrected chi connectivity index (χ0v) is 13.0. The van der Waals surface area contributed by atoms with Crippen LogP contribution in [0.5, 0.6) is 0 Å². The van der Waals surface area contributed by atoms with Crippen LogP contribution in [0.1, 0.15) is 50.8 Å². The molecule has 2 rings (SSSR count). The van der Waals surface area contributed by atoms with E-state index in [9.17, 15) is 14.7 Å². The fourth-order valence-corrected chi connectivity index (χ4v) is 3.08. The van der Waals surface area contributed by atoms with Crippen LogP contribution in [-0.4, -0.2) is 32.4 Å². The minimum absolute atomic E-state index is 0.00764. The van der Waals surface area contributed by atoms with E-state index in [2.05, 4.69) is 4.98 Å². The number of amides is 1. The molecule has 2 unspecified atom stereocenters. The largest absolute Gasteiger partial charge is 0.481 e. The Morgan fingerprint density at radius 3 is 2.62 bits per heavy atom. The van der Waals surface area contributed by atoms with Gasteiger partial charge in [0.05, 0.1) is 12.0 Å². The fourth-order valence-electron chi connectivity index (χ4n) is 3.08. The first-order valence-electron chi connectivity index (χ1n) is 7.19. The van der Waals surface area contributed by atoms with Gasteiger partial charge in [-0.2, -0.15) is 0 Å². The third-order valence-electron chi connectivity index (χ3n) is 4.04. The van der Waals surface area contributed by atoms with Crippen LogP contribution in [-0.2, 0) is 9.59 Å². The Morgan fingerprint density at radius 1 is 1.43 bits per heavy atom. The van der Waals surface area contributed by atoms with Gasteiger partial charge in [0, 0.05) is 24.4 Å². The SMILES string of the molecule is Cc1ccncc1C1C(C(=O)O)CCC(=O)N1C(C)(C)C. The number of pyridine rings is 1. The first kappa shape index (κ1) is 15.5. The number of rotatable bonds is 2. The zero-order valence-electron chi connectivity index (χ0n) is 13.0. The number of carboxylic acids is 1. The van der Waals surface area contributed by atoms with Gasteiger partial charge in [0.25, 0.3) is 0 Å². The van der Waals surface area contributed by atoms with E-state index in [4.69, 9.17) is 0 Å². The number of hydrogen-bond donors (Lipinski definition) is 1. The van der Waals surface area contributed by atoms with Gasteiger partial charge in [0.1, 0.15) is 0 Å². The Labute approximate surface area is 125 Å². The molecule has 0 aromatic carbocycles. The van der Waals surface area contributed by atoms with Crippen molar-refractivity contribution in [3.05, 3.63) is 29.6 Å². The number of hydrogen-bond acceptors (Lipinski definition) is 3. The molecule has 2 heterocycles. The third-order valence-corrected chi connectivity index (χ3v) is 4.04. The quantitative estimate of drug-likeness (QED) is 0.908. The number of aromatic nitrogens is 1. The molecule has 1 fully saturated rings. The van der Waals surface area contributed by atoms with Gasteiger partial charge in [-0.3, -0.25) is 14.6 Å². The summed E-state index contributed by atoms with van der Waals surface area (Å²) in [5.41, 5.74) is 1.36. The summed E-state index contributed by atoms with van der Waals surface area (Å²) in [4.78, 5) is 29.9. The molecule has 1 N–H and O–H groups in total. The van der Waals surface area contributed by atoms with Crippen molar-refractivity contribution in [2.24, 2.45) is 5.92 Å². The summed E-state index contributed by atoms with van der Waals surface area (Å²) < 4.78 is 0. The lowest BCUT2D eigenvalue weighted by atomic mass is 9.81. The van der Waals surface area contributed by atoms with Gasteiger partial charge in [0.15, 0.2) is 0 Å². The van der Waals surface area contributed by atoms with Crippen LogP contribution in [0.3, 0.4) is 0 Å². The Bertz CT molecular complexity index is 563. The van der Waals surface area contributed by atoms with Crippen molar-refractivity contribution in [2.45, 2.75) is 52.1 Å². The van der Waals surface area contributed by atoms with Gasteiger partial charge < -0.3 is 10.0 Å². The highest BCUT2D eigenvalue weighted by atomic mass is 16.4. The number of nitrogens with zero attached hydrogens (tertiary/aromatic N) is 2. The van der Waals surface area contributed by atoms with E-state index >= 15 is 0 Å². The number of carboxylic acid groups (broad SMARTS) is 1. The van der Waals surface area contributed by atoms with Crippen LogP contribution in [0.2, 0.25) is 0 Å². The lowest BCUT2D eigenvalue weighted by molar-refractivity contribution is -0.156. The molecular formula is C16H22N2O3. The molecule has 1 aliphatic heterocycles. The monoisotopic (exact) mass is 290 g/mol. The summed E-state index contributed by atoms with van der Waals surface area (Å²) in [5, 5.41) is 9.57. The maximum atomic E-state index is 12.4. The van der Waals surface area contributed by atoms with Gasteiger partial charge in [-0.15, -0.1) is 0 Å². The minimum Gasteiger partial charge on any atom is -0.481 e. The Hall–Kier alpha value is -1.91. The van der Waals surface area contributed by atoms with E-state index in [0.29, 0.717) is 6.42 Å². The first-order valence-corrected chi connectivity index (χ1v) is 7.19. The van der Waals surface area contributed by atoms with Crippen LogP contribution < -0.4 is 0 Å². The molecule has 0 radical (unpaired) electrons. The molecule has 1 saturated heterocycles. The summed E-state index contributed by atoms with van der Waals surface area (Å²) in [5.74, 6) is -1.44. The summed E-state index contributed by atoms with van der Waals surface area (Å²) in [6.45, 7) is 7.74. The zero-order chi connectivity index (χ0) is 15.8. The second kappa shape index (κ2) is 5.47. The molecule has 5 nitrogen and oxygen atoms in total. The fraction of sp³-hybridized carbons (Fsp3) is 0.562. The van der Waals surface area contributed by atoms with Crippen LogP contribution in [0.15, 0.2) is 18.5 Å². The van der Waals surface area contributed by atoms with E-state index in [-0.39, 0.29) is 12.3 Å². The predicted octanol–water partition coefficient (Wildman–Crippen LogP) is 2.55. The number of piperidine rings is 1. The van der Waals surface area contributed by atoms with E-state index in [0.717, 1.165) is 11.1 Å².